The number of halogens is 1. The van der Waals surface area contributed by atoms with Crippen LogP contribution in [-0.2, 0) is 6.42 Å². The Morgan fingerprint density at radius 1 is 1.15 bits per heavy atom. The molecule has 4 rings (SSSR count). The highest BCUT2D eigenvalue weighted by molar-refractivity contribution is 7.18. The lowest BCUT2D eigenvalue weighted by molar-refractivity contribution is 0.0701. The lowest BCUT2D eigenvalue weighted by atomic mass is 9.93. The first-order chi connectivity index (χ1) is 12.5. The first kappa shape index (κ1) is 17.6. The first-order valence-corrected chi connectivity index (χ1v) is 10.5. The molecule has 1 atom stereocenters. The normalized spacial score (nSPS) is 16.4. The number of carbonyl (C=O) groups is 1. The molecule has 0 N–H and O–H groups in total. The molecule has 26 heavy (non-hydrogen) atoms. The van der Waals surface area contributed by atoms with Crippen LogP contribution < -0.4 is 4.90 Å². The quantitative estimate of drug-likeness (QED) is 0.592. The number of carbonyl (C=O) groups excluding carboxylic acids is 1. The summed E-state index contributed by atoms with van der Waals surface area (Å²) in [7, 11) is 4.06. The highest BCUT2D eigenvalue weighted by Gasteiger charge is 2.33. The van der Waals surface area contributed by atoms with E-state index in [-0.39, 0.29) is 11.9 Å². The Morgan fingerprint density at radius 2 is 1.92 bits per heavy atom. The number of hydrogen-bond donors (Lipinski definition) is 0. The second-order valence-corrected chi connectivity index (χ2v) is 9.26. The van der Waals surface area contributed by atoms with Gasteiger partial charge < -0.3 is 9.80 Å². The monoisotopic (exact) mass is 402 g/mol. The van der Waals surface area contributed by atoms with Crippen LogP contribution in [0, 0.1) is 0 Å². The summed E-state index contributed by atoms with van der Waals surface area (Å²) in [6, 6.07) is 14.2. The molecular weight excluding hydrogens is 384 g/mol. The van der Waals surface area contributed by atoms with Crippen molar-refractivity contribution < 1.29 is 4.79 Å². The van der Waals surface area contributed by atoms with Gasteiger partial charge in [0.1, 0.15) is 0 Å². The Hall–Kier alpha value is -1.82. The zero-order valence-electron chi connectivity index (χ0n) is 14.6. The molecule has 0 saturated carbocycles. The lowest BCUT2D eigenvalue weighted by Crippen LogP contribution is -2.39. The maximum atomic E-state index is 13.2. The third kappa shape index (κ3) is 3.15. The number of thiophene rings is 2. The second-order valence-electron chi connectivity index (χ2n) is 6.54. The van der Waals surface area contributed by atoms with Crippen molar-refractivity contribution in [1.29, 1.82) is 0 Å². The number of anilines is 1. The number of rotatable bonds is 3. The van der Waals surface area contributed by atoms with Crippen LogP contribution in [-0.4, -0.2) is 31.4 Å². The van der Waals surface area contributed by atoms with E-state index in [1.807, 2.05) is 25.1 Å². The van der Waals surface area contributed by atoms with E-state index < -0.39 is 0 Å². The van der Waals surface area contributed by atoms with E-state index in [9.17, 15) is 4.79 Å². The van der Waals surface area contributed by atoms with Crippen molar-refractivity contribution in [1.82, 2.24) is 4.90 Å². The van der Waals surface area contributed by atoms with E-state index in [0.29, 0.717) is 9.21 Å². The minimum absolute atomic E-state index is 0.0467. The molecule has 3 aromatic rings. The molecular formula is C20H19ClN2OS2. The molecule has 0 spiro atoms. The third-order valence-corrected chi connectivity index (χ3v) is 6.95. The van der Waals surface area contributed by atoms with Gasteiger partial charge in [0.05, 0.1) is 15.3 Å². The average molecular weight is 403 g/mol. The van der Waals surface area contributed by atoms with Gasteiger partial charge >= 0.3 is 0 Å². The number of amides is 1. The van der Waals surface area contributed by atoms with Gasteiger partial charge in [0, 0.05) is 31.2 Å². The van der Waals surface area contributed by atoms with Crippen molar-refractivity contribution in [3.05, 3.63) is 73.1 Å². The van der Waals surface area contributed by atoms with Gasteiger partial charge in [0.25, 0.3) is 5.91 Å². The van der Waals surface area contributed by atoms with Gasteiger partial charge in [-0.3, -0.25) is 4.79 Å². The Labute approximate surface area is 166 Å². The molecule has 0 aliphatic carbocycles. The molecule has 1 aliphatic heterocycles. The van der Waals surface area contributed by atoms with E-state index in [0.717, 1.165) is 24.2 Å². The van der Waals surface area contributed by atoms with Crippen LogP contribution in [0.4, 0.5) is 5.69 Å². The van der Waals surface area contributed by atoms with Gasteiger partial charge in [-0.05, 0) is 53.3 Å². The molecule has 0 saturated heterocycles. The zero-order valence-corrected chi connectivity index (χ0v) is 17.0. The van der Waals surface area contributed by atoms with E-state index in [2.05, 4.69) is 40.6 Å². The smallest absolute Gasteiger partial charge is 0.264 e. The van der Waals surface area contributed by atoms with Crippen LogP contribution in [0.1, 0.15) is 31.7 Å². The maximum absolute atomic E-state index is 13.2. The van der Waals surface area contributed by atoms with Crippen molar-refractivity contribution in [2.45, 2.75) is 12.5 Å². The van der Waals surface area contributed by atoms with Gasteiger partial charge in [-0.25, -0.2) is 0 Å². The molecule has 1 aromatic carbocycles. The van der Waals surface area contributed by atoms with E-state index in [1.54, 1.807) is 17.4 Å². The number of nitrogens with zero attached hydrogens (tertiary/aromatic N) is 2. The Balaban J connectivity index is 1.74. The molecule has 0 radical (unpaired) electrons. The largest absolute Gasteiger partial charge is 0.378 e. The maximum Gasteiger partial charge on any atom is 0.264 e. The van der Waals surface area contributed by atoms with Crippen LogP contribution in [0.25, 0.3) is 0 Å². The predicted octanol–water partition coefficient (Wildman–Crippen LogP) is 5.32. The molecule has 0 fully saturated rings. The Morgan fingerprint density at radius 3 is 2.58 bits per heavy atom. The van der Waals surface area contributed by atoms with E-state index >= 15 is 0 Å². The van der Waals surface area contributed by atoms with Gasteiger partial charge in [0.15, 0.2) is 0 Å². The van der Waals surface area contributed by atoms with Gasteiger partial charge in [-0.15, -0.1) is 22.7 Å². The standard InChI is InChI=1S/C20H19ClN2OS2/c1-22(2)14-5-3-13(4-6-14)19-15-10-12-25-16(15)9-11-23(19)20(24)17-7-8-18(21)26-17/h3-8,10,12,19H,9,11H2,1-2H3. The van der Waals surface area contributed by atoms with Crippen LogP contribution in [0.2, 0.25) is 4.34 Å². The molecule has 3 heterocycles. The van der Waals surface area contributed by atoms with Crippen molar-refractivity contribution >= 4 is 45.9 Å². The van der Waals surface area contributed by atoms with Gasteiger partial charge in [0.2, 0.25) is 0 Å². The summed E-state index contributed by atoms with van der Waals surface area (Å²) in [4.78, 5) is 19.3. The highest BCUT2D eigenvalue weighted by atomic mass is 35.5. The van der Waals surface area contributed by atoms with Crippen molar-refractivity contribution in [3.63, 3.8) is 0 Å². The van der Waals surface area contributed by atoms with E-state index in [1.165, 1.54) is 21.8 Å². The summed E-state index contributed by atoms with van der Waals surface area (Å²) in [5, 5.41) is 2.13. The van der Waals surface area contributed by atoms with Gasteiger partial charge in [-0.2, -0.15) is 0 Å². The van der Waals surface area contributed by atoms with Crippen molar-refractivity contribution in [3.8, 4) is 0 Å². The Kier molecular flexibility index (Phi) is 4.78. The molecule has 6 heteroatoms. The Bertz CT molecular complexity index is 929. The molecule has 2 aromatic heterocycles. The minimum Gasteiger partial charge on any atom is -0.378 e. The number of benzene rings is 1. The predicted molar refractivity (Wildman–Crippen MR) is 111 cm³/mol. The van der Waals surface area contributed by atoms with E-state index in [4.69, 9.17) is 11.6 Å². The van der Waals surface area contributed by atoms with Crippen molar-refractivity contribution in [2.75, 3.05) is 25.5 Å². The summed E-state index contributed by atoms with van der Waals surface area (Å²) in [6.45, 7) is 0.724. The fraction of sp³-hybridized carbons (Fsp3) is 0.250. The lowest BCUT2D eigenvalue weighted by Gasteiger charge is -2.36. The molecule has 1 aliphatic rings. The third-order valence-electron chi connectivity index (χ3n) is 4.74. The minimum atomic E-state index is -0.0467. The second kappa shape index (κ2) is 7.06. The molecule has 0 bridgehead atoms. The SMILES string of the molecule is CN(C)c1ccc(C2c3ccsc3CCN2C(=O)c2ccc(Cl)s2)cc1. The first-order valence-electron chi connectivity index (χ1n) is 8.44. The fourth-order valence-corrected chi connectivity index (χ4v) is 5.32. The topological polar surface area (TPSA) is 23.6 Å². The number of fused-ring (bicyclic) bond motifs is 1. The molecule has 134 valence electrons. The fourth-order valence-electron chi connectivity index (χ4n) is 3.42. The molecule has 1 unspecified atom stereocenters. The zero-order chi connectivity index (χ0) is 18.3. The average Bonchev–Trinajstić information content (AvgIpc) is 3.29. The highest BCUT2D eigenvalue weighted by Crippen LogP contribution is 2.39. The summed E-state index contributed by atoms with van der Waals surface area (Å²) in [5.74, 6) is 0.0560. The van der Waals surface area contributed by atoms with Crippen LogP contribution in [0.15, 0.2) is 47.8 Å². The van der Waals surface area contributed by atoms with Crippen molar-refractivity contribution in [2.24, 2.45) is 0 Å². The summed E-state index contributed by atoms with van der Waals surface area (Å²) in [5.41, 5.74) is 3.54. The number of hydrogen-bond acceptors (Lipinski definition) is 4. The summed E-state index contributed by atoms with van der Waals surface area (Å²) < 4.78 is 0.647. The van der Waals surface area contributed by atoms with Gasteiger partial charge in [-0.1, -0.05) is 23.7 Å². The molecule has 1 amide bonds. The van der Waals surface area contributed by atoms with Crippen LogP contribution >= 0.6 is 34.3 Å². The summed E-state index contributed by atoms with van der Waals surface area (Å²) in [6.07, 6.45) is 0.907. The van der Waals surface area contributed by atoms with Crippen LogP contribution in [0.3, 0.4) is 0 Å². The molecule has 3 nitrogen and oxygen atoms in total. The van der Waals surface area contributed by atoms with Crippen LogP contribution in [0.5, 0.6) is 0 Å². The summed E-state index contributed by atoms with van der Waals surface area (Å²) >= 11 is 9.18.